The maximum Gasteiger partial charge on any atom is 0.336 e. The summed E-state index contributed by atoms with van der Waals surface area (Å²) in [4.78, 5) is 11.6. The molecule has 0 spiro atoms. The first-order valence-corrected chi connectivity index (χ1v) is 6.12. The fourth-order valence-electron chi connectivity index (χ4n) is 1.10. The summed E-state index contributed by atoms with van der Waals surface area (Å²) >= 11 is 1.38. The van der Waals surface area contributed by atoms with Crippen molar-refractivity contribution in [1.29, 1.82) is 0 Å². The van der Waals surface area contributed by atoms with Crippen LogP contribution in [-0.2, 0) is 0 Å². The van der Waals surface area contributed by atoms with Crippen molar-refractivity contribution in [3.8, 4) is 0 Å². The van der Waals surface area contributed by atoms with E-state index in [0.29, 0.717) is 22.6 Å². The molecule has 2 N–H and O–H groups in total. The van der Waals surface area contributed by atoms with E-state index >= 15 is 0 Å². The third-order valence-electron chi connectivity index (χ3n) is 2.42. The van der Waals surface area contributed by atoms with E-state index in [1.54, 1.807) is 31.2 Å². The standard InChI is InChI=1S/C12H16O3S/c1-3-12(2,15)8-16-10-7-5-4-6-9(10)11(13)14/h4-7,15H,3,8H2,1-2H3,(H,13,14). The molecule has 0 aliphatic rings. The minimum absolute atomic E-state index is 0.291. The summed E-state index contributed by atoms with van der Waals surface area (Å²) < 4.78 is 0. The molecule has 1 unspecified atom stereocenters. The molecule has 0 fully saturated rings. The minimum atomic E-state index is -0.931. The smallest absolute Gasteiger partial charge is 0.336 e. The van der Waals surface area contributed by atoms with E-state index in [-0.39, 0.29) is 0 Å². The quantitative estimate of drug-likeness (QED) is 0.777. The fourth-order valence-corrected chi connectivity index (χ4v) is 2.26. The third kappa shape index (κ3) is 3.54. The first-order chi connectivity index (χ1) is 7.46. The molecule has 16 heavy (non-hydrogen) atoms. The zero-order valence-electron chi connectivity index (χ0n) is 9.43. The highest BCUT2D eigenvalue weighted by atomic mass is 32.2. The molecule has 0 aliphatic heterocycles. The van der Waals surface area contributed by atoms with Gasteiger partial charge in [-0.2, -0.15) is 0 Å². The Balaban J connectivity index is 2.78. The molecule has 0 heterocycles. The van der Waals surface area contributed by atoms with E-state index in [2.05, 4.69) is 0 Å². The molecule has 1 aromatic rings. The van der Waals surface area contributed by atoms with Crippen LogP contribution in [0.15, 0.2) is 29.2 Å². The lowest BCUT2D eigenvalue weighted by atomic mass is 10.1. The number of carboxylic acid groups (broad SMARTS) is 1. The molecule has 1 rings (SSSR count). The second kappa shape index (κ2) is 5.37. The highest BCUT2D eigenvalue weighted by molar-refractivity contribution is 7.99. The molecule has 0 saturated carbocycles. The average molecular weight is 240 g/mol. The average Bonchev–Trinajstić information content (AvgIpc) is 2.27. The van der Waals surface area contributed by atoms with Crippen LogP contribution >= 0.6 is 11.8 Å². The van der Waals surface area contributed by atoms with Crippen LogP contribution in [0.4, 0.5) is 0 Å². The van der Waals surface area contributed by atoms with Gasteiger partial charge in [0.2, 0.25) is 0 Å². The summed E-state index contributed by atoms with van der Waals surface area (Å²) in [5, 5.41) is 18.8. The van der Waals surface area contributed by atoms with Gasteiger partial charge in [0.05, 0.1) is 11.2 Å². The Labute approximate surface area is 99.5 Å². The summed E-state index contributed by atoms with van der Waals surface area (Å²) in [7, 11) is 0. The highest BCUT2D eigenvalue weighted by Crippen LogP contribution is 2.27. The van der Waals surface area contributed by atoms with Gasteiger partial charge in [0.1, 0.15) is 0 Å². The van der Waals surface area contributed by atoms with Crippen LogP contribution in [0.25, 0.3) is 0 Å². The number of aromatic carboxylic acids is 1. The van der Waals surface area contributed by atoms with Gasteiger partial charge in [-0.25, -0.2) is 4.79 Å². The Hall–Kier alpha value is -1.00. The van der Waals surface area contributed by atoms with E-state index in [1.807, 2.05) is 6.92 Å². The number of hydrogen-bond acceptors (Lipinski definition) is 3. The summed E-state index contributed by atoms with van der Waals surface area (Å²) in [6.45, 7) is 3.66. The normalized spacial score (nSPS) is 14.4. The number of thioether (sulfide) groups is 1. The summed E-state index contributed by atoms with van der Waals surface area (Å²) in [6.07, 6.45) is 0.648. The molecule has 1 atom stereocenters. The van der Waals surface area contributed by atoms with Crippen molar-refractivity contribution in [3.63, 3.8) is 0 Å². The Morgan fingerprint density at radius 2 is 2.06 bits per heavy atom. The fraction of sp³-hybridized carbons (Fsp3) is 0.417. The Bertz CT molecular complexity index is 374. The van der Waals surface area contributed by atoms with Crippen molar-refractivity contribution in [3.05, 3.63) is 29.8 Å². The van der Waals surface area contributed by atoms with Gasteiger partial charge >= 0.3 is 5.97 Å². The molecule has 4 heteroatoms. The Morgan fingerprint density at radius 1 is 1.44 bits per heavy atom. The van der Waals surface area contributed by atoms with Gasteiger partial charge < -0.3 is 10.2 Å². The van der Waals surface area contributed by atoms with Gasteiger partial charge in [-0.1, -0.05) is 19.1 Å². The van der Waals surface area contributed by atoms with Crippen LogP contribution in [0, 0.1) is 0 Å². The molecule has 88 valence electrons. The Kier molecular flexibility index (Phi) is 4.38. The van der Waals surface area contributed by atoms with Gasteiger partial charge in [-0.3, -0.25) is 0 Å². The number of rotatable bonds is 5. The molecule has 0 radical (unpaired) electrons. The van der Waals surface area contributed by atoms with E-state index in [0.717, 1.165) is 0 Å². The number of carbonyl (C=O) groups is 1. The number of carboxylic acids is 1. The molecular formula is C12H16O3S. The second-order valence-electron chi connectivity index (χ2n) is 3.94. The van der Waals surface area contributed by atoms with Crippen molar-refractivity contribution >= 4 is 17.7 Å². The third-order valence-corrected chi connectivity index (χ3v) is 3.85. The molecular weight excluding hydrogens is 224 g/mol. The summed E-state index contributed by atoms with van der Waals surface area (Å²) in [6, 6.07) is 6.84. The maximum absolute atomic E-state index is 10.9. The highest BCUT2D eigenvalue weighted by Gasteiger charge is 2.19. The molecule has 0 aromatic heterocycles. The second-order valence-corrected chi connectivity index (χ2v) is 4.96. The SMILES string of the molecule is CCC(C)(O)CSc1ccccc1C(=O)O. The van der Waals surface area contributed by atoms with Crippen LogP contribution < -0.4 is 0 Å². The molecule has 3 nitrogen and oxygen atoms in total. The first kappa shape index (κ1) is 13.1. The van der Waals surface area contributed by atoms with Gasteiger partial charge in [0.25, 0.3) is 0 Å². The predicted molar refractivity (Wildman–Crippen MR) is 65.0 cm³/mol. The lowest BCUT2D eigenvalue weighted by Gasteiger charge is -2.20. The predicted octanol–water partition coefficient (Wildman–Crippen LogP) is 2.64. The van der Waals surface area contributed by atoms with Gasteiger partial charge in [-0.05, 0) is 25.5 Å². The van der Waals surface area contributed by atoms with Gasteiger partial charge in [0.15, 0.2) is 0 Å². The number of benzene rings is 1. The summed E-state index contributed by atoms with van der Waals surface area (Å²) in [5.74, 6) is -0.437. The van der Waals surface area contributed by atoms with Crippen molar-refractivity contribution in [2.24, 2.45) is 0 Å². The molecule has 0 bridgehead atoms. The van der Waals surface area contributed by atoms with E-state index in [9.17, 15) is 9.90 Å². The molecule has 0 aliphatic carbocycles. The van der Waals surface area contributed by atoms with E-state index < -0.39 is 11.6 Å². The summed E-state index contributed by atoms with van der Waals surface area (Å²) in [5.41, 5.74) is -0.463. The van der Waals surface area contributed by atoms with Crippen molar-refractivity contribution < 1.29 is 15.0 Å². The number of aliphatic hydroxyl groups is 1. The van der Waals surface area contributed by atoms with Crippen LogP contribution in [0.1, 0.15) is 30.6 Å². The zero-order chi connectivity index (χ0) is 12.2. The van der Waals surface area contributed by atoms with Crippen molar-refractivity contribution in [2.45, 2.75) is 30.8 Å². The van der Waals surface area contributed by atoms with Crippen molar-refractivity contribution in [2.75, 3.05) is 5.75 Å². The van der Waals surface area contributed by atoms with E-state index in [4.69, 9.17) is 5.11 Å². The first-order valence-electron chi connectivity index (χ1n) is 5.14. The van der Waals surface area contributed by atoms with E-state index in [1.165, 1.54) is 11.8 Å². The number of hydrogen-bond donors (Lipinski definition) is 2. The maximum atomic E-state index is 10.9. The van der Waals surface area contributed by atoms with Gasteiger partial charge in [-0.15, -0.1) is 11.8 Å². The topological polar surface area (TPSA) is 57.5 Å². The monoisotopic (exact) mass is 240 g/mol. The van der Waals surface area contributed by atoms with Crippen molar-refractivity contribution in [1.82, 2.24) is 0 Å². The van der Waals surface area contributed by atoms with Gasteiger partial charge in [0, 0.05) is 10.6 Å². The van der Waals surface area contributed by atoms with Crippen LogP contribution in [0.2, 0.25) is 0 Å². The largest absolute Gasteiger partial charge is 0.478 e. The van der Waals surface area contributed by atoms with Crippen LogP contribution in [0.5, 0.6) is 0 Å². The van der Waals surface area contributed by atoms with Crippen LogP contribution in [-0.4, -0.2) is 27.5 Å². The molecule has 0 saturated heterocycles. The molecule has 0 amide bonds. The Morgan fingerprint density at radius 3 is 2.62 bits per heavy atom. The minimum Gasteiger partial charge on any atom is -0.478 e. The zero-order valence-corrected chi connectivity index (χ0v) is 10.3. The van der Waals surface area contributed by atoms with Crippen LogP contribution in [0.3, 0.4) is 0 Å². The lowest BCUT2D eigenvalue weighted by molar-refractivity contribution is 0.0691. The molecule has 1 aromatic carbocycles. The lowest BCUT2D eigenvalue weighted by Crippen LogP contribution is -2.25.